The number of carbonyl (C=O) groups excluding carboxylic acids is 1. The Labute approximate surface area is 192 Å². The molecule has 1 heterocycles. The molecular formula is C24H17BrClFO4. The maximum atomic E-state index is 13.2. The van der Waals surface area contributed by atoms with Crippen LogP contribution in [0, 0.1) is 12.7 Å². The minimum Gasteiger partial charge on any atom is -0.496 e. The first-order valence-electron chi connectivity index (χ1n) is 9.35. The van der Waals surface area contributed by atoms with Crippen molar-refractivity contribution in [1.82, 2.24) is 0 Å². The second-order valence-electron chi connectivity index (χ2n) is 6.96. The third-order valence-electron chi connectivity index (χ3n) is 4.83. The van der Waals surface area contributed by atoms with Crippen molar-refractivity contribution >= 4 is 39.4 Å². The molecule has 3 aromatic carbocycles. The van der Waals surface area contributed by atoms with Crippen LogP contribution >= 0.6 is 27.5 Å². The van der Waals surface area contributed by atoms with E-state index in [1.54, 1.807) is 37.5 Å². The molecule has 0 bridgehead atoms. The van der Waals surface area contributed by atoms with Crippen molar-refractivity contribution in [3.63, 3.8) is 0 Å². The number of aryl methyl sites for hydroxylation is 1. The number of hydrogen-bond acceptors (Lipinski definition) is 4. The van der Waals surface area contributed by atoms with Gasteiger partial charge in [-0.2, -0.15) is 0 Å². The van der Waals surface area contributed by atoms with Crippen LogP contribution in [0.3, 0.4) is 0 Å². The Kier molecular flexibility index (Phi) is 6.03. The quantitative estimate of drug-likeness (QED) is 0.361. The number of benzene rings is 3. The summed E-state index contributed by atoms with van der Waals surface area (Å²) in [7, 11) is 1.57. The van der Waals surface area contributed by atoms with Crippen LogP contribution in [-0.4, -0.2) is 12.9 Å². The molecule has 0 saturated carbocycles. The molecule has 1 aliphatic rings. The topological polar surface area (TPSA) is 44.8 Å². The van der Waals surface area contributed by atoms with E-state index in [4.69, 9.17) is 25.8 Å². The summed E-state index contributed by atoms with van der Waals surface area (Å²) in [4.78, 5) is 12.9. The molecule has 0 atom stereocenters. The first kappa shape index (κ1) is 21.4. The molecule has 31 heavy (non-hydrogen) atoms. The fourth-order valence-corrected chi connectivity index (χ4v) is 3.92. The van der Waals surface area contributed by atoms with Crippen molar-refractivity contribution in [1.29, 1.82) is 0 Å². The van der Waals surface area contributed by atoms with Crippen LogP contribution in [0.2, 0.25) is 5.02 Å². The number of Topliss-reactive ketones (excluding diaryl/α,β-unsaturated/α-hetero) is 1. The van der Waals surface area contributed by atoms with Crippen LogP contribution in [0.4, 0.5) is 4.39 Å². The fraction of sp³-hybridized carbons (Fsp3) is 0.125. The zero-order valence-corrected chi connectivity index (χ0v) is 19.0. The lowest BCUT2D eigenvalue weighted by Crippen LogP contribution is -2.00. The van der Waals surface area contributed by atoms with Crippen LogP contribution in [0.5, 0.6) is 17.2 Å². The molecule has 4 nitrogen and oxygen atoms in total. The van der Waals surface area contributed by atoms with Gasteiger partial charge in [-0.05, 0) is 55.0 Å². The fourth-order valence-electron chi connectivity index (χ4n) is 3.32. The van der Waals surface area contributed by atoms with Crippen LogP contribution in [0.1, 0.15) is 27.0 Å². The van der Waals surface area contributed by atoms with E-state index in [1.807, 2.05) is 19.1 Å². The van der Waals surface area contributed by atoms with Gasteiger partial charge in [0, 0.05) is 21.7 Å². The van der Waals surface area contributed by atoms with Crippen molar-refractivity contribution in [2.45, 2.75) is 13.5 Å². The monoisotopic (exact) mass is 502 g/mol. The van der Waals surface area contributed by atoms with Crippen LogP contribution in [-0.2, 0) is 6.61 Å². The predicted molar refractivity (Wildman–Crippen MR) is 121 cm³/mol. The Morgan fingerprint density at radius 2 is 1.97 bits per heavy atom. The Balaban J connectivity index is 1.60. The zero-order chi connectivity index (χ0) is 22.1. The number of ketones is 1. The summed E-state index contributed by atoms with van der Waals surface area (Å²) in [5.41, 5.74) is 2.59. The largest absolute Gasteiger partial charge is 0.496 e. The lowest BCUT2D eigenvalue weighted by molar-refractivity contribution is 0.101. The first-order chi connectivity index (χ1) is 14.9. The second-order valence-corrected chi connectivity index (χ2v) is 8.29. The highest BCUT2D eigenvalue weighted by atomic mass is 79.9. The van der Waals surface area contributed by atoms with Crippen LogP contribution in [0.15, 0.2) is 58.8 Å². The summed E-state index contributed by atoms with van der Waals surface area (Å²) in [6, 6.07) is 13.1. The van der Waals surface area contributed by atoms with Crippen molar-refractivity contribution in [3.8, 4) is 17.2 Å². The van der Waals surface area contributed by atoms with E-state index in [0.717, 1.165) is 10.0 Å². The number of allylic oxidation sites excluding steroid dienone is 1. The van der Waals surface area contributed by atoms with Gasteiger partial charge in [-0.15, -0.1) is 0 Å². The molecule has 0 unspecified atom stereocenters. The summed E-state index contributed by atoms with van der Waals surface area (Å²) < 4.78 is 31.1. The van der Waals surface area contributed by atoms with E-state index in [9.17, 15) is 9.18 Å². The lowest BCUT2D eigenvalue weighted by atomic mass is 10.0. The van der Waals surface area contributed by atoms with Gasteiger partial charge < -0.3 is 14.2 Å². The Hall–Kier alpha value is -2.83. The molecule has 158 valence electrons. The average molecular weight is 504 g/mol. The standard InChI is InChI=1S/C24H17BrClFO4/c1-13-7-18(30-12-14-3-5-17(27)10-19(14)26)11-21-23(13)24(28)22(31-21)9-15-8-16(25)4-6-20(15)29-2/h3-11H,12H2,1-2H3/b22-9-. The van der Waals surface area contributed by atoms with Gasteiger partial charge in [-0.25, -0.2) is 4.39 Å². The minimum absolute atomic E-state index is 0.156. The van der Waals surface area contributed by atoms with Crippen molar-refractivity contribution < 1.29 is 23.4 Å². The normalized spacial score (nSPS) is 13.8. The van der Waals surface area contributed by atoms with Gasteiger partial charge in [-0.1, -0.05) is 33.6 Å². The van der Waals surface area contributed by atoms with E-state index in [0.29, 0.717) is 33.9 Å². The summed E-state index contributed by atoms with van der Waals surface area (Å²) in [6.45, 7) is 1.98. The maximum Gasteiger partial charge on any atom is 0.232 e. The molecule has 0 aliphatic carbocycles. The van der Waals surface area contributed by atoms with Gasteiger partial charge in [0.15, 0.2) is 5.76 Å². The van der Waals surface area contributed by atoms with Gasteiger partial charge in [0.2, 0.25) is 5.78 Å². The molecule has 0 aromatic heterocycles. The van der Waals surface area contributed by atoms with Gasteiger partial charge >= 0.3 is 0 Å². The SMILES string of the molecule is COc1ccc(Br)cc1/C=C1\Oc2cc(OCc3ccc(F)cc3Cl)cc(C)c2C1=O. The predicted octanol–water partition coefficient (Wildman–Crippen LogP) is 6.75. The molecule has 0 N–H and O–H groups in total. The maximum absolute atomic E-state index is 13.2. The minimum atomic E-state index is -0.407. The number of ether oxygens (including phenoxy) is 3. The highest BCUT2D eigenvalue weighted by Gasteiger charge is 2.30. The average Bonchev–Trinajstić information content (AvgIpc) is 3.03. The Morgan fingerprint density at radius 3 is 2.71 bits per heavy atom. The summed E-state index contributed by atoms with van der Waals surface area (Å²) in [5, 5.41) is 0.289. The van der Waals surface area contributed by atoms with Gasteiger partial charge in [0.25, 0.3) is 0 Å². The highest BCUT2D eigenvalue weighted by molar-refractivity contribution is 9.10. The first-order valence-corrected chi connectivity index (χ1v) is 10.5. The molecule has 7 heteroatoms. The van der Waals surface area contributed by atoms with Gasteiger partial charge in [0.1, 0.15) is 29.7 Å². The van der Waals surface area contributed by atoms with E-state index >= 15 is 0 Å². The molecule has 0 radical (unpaired) electrons. The molecule has 1 aliphatic heterocycles. The highest BCUT2D eigenvalue weighted by Crippen LogP contribution is 2.38. The van der Waals surface area contributed by atoms with Crippen LogP contribution in [0.25, 0.3) is 6.08 Å². The molecule has 3 aromatic rings. The van der Waals surface area contributed by atoms with Crippen molar-refractivity contribution in [2.24, 2.45) is 0 Å². The van der Waals surface area contributed by atoms with Gasteiger partial charge in [-0.3, -0.25) is 4.79 Å². The lowest BCUT2D eigenvalue weighted by Gasteiger charge is -2.10. The van der Waals surface area contributed by atoms with E-state index in [-0.39, 0.29) is 23.2 Å². The number of hydrogen-bond donors (Lipinski definition) is 0. The van der Waals surface area contributed by atoms with E-state index < -0.39 is 5.82 Å². The van der Waals surface area contributed by atoms with Crippen molar-refractivity contribution in [3.05, 3.63) is 91.9 Å². The summed E-state index contributed by atoms with van der Waals surface area (Å²) in [6.07, 6.45) is 1.66. The third-order valence-corrected chi connectivity index (χ3v) is 5.68. The molecule has 4 rings (SSSR count). The number of methoxy groups -OCH3 is 1. The molecule has 0 amide bonds. The Bertz CT molecular complexity index is 1220. The van der Waals surface area contributed by atoms with E-state index in [1.165, 1.54) is 12.1 Å². The zero-order valence-electron chi connectivity index (χ0n) is 16.7. The number of rotatable bonds is 5. The number of fused-ring (bicyclic) bond motifs is 1. The molecule has 0 fully saturated rings. The second kappa shape index (κ2) is 8.73. The van der Waals surface area contributed by atoms with Gasteiger partial charge in [0.05, 0.1) is 17.7 Å². The van der Waals surface area contributed by atoms with Crippen molar-refractivity contribution in [2.75, 3.05) is 7.11 Å². The van der Waals surface area contributed by atoms with Crippen LogP contribution < -0.4 is 14.2 Å². The van der Waals surface area contributed by atoms with E-state index in [2.05, 4.69) is 15.9 Å². The number of carbonyl (C=O) groups is 1. The molecule has 0 saturated heterocycles. The third kappa shape index (κ3) is 4.45. The molecular weight excluding hydrogens is 487 g/mol. The Morgan fingerprint density at radius 1 is 1.16 bits per heavy atom. The number of halogens is 3. The smallest absolute Gasteiger partial charge is 0.232 e. The molecule has 0 spiro atoms. The summed E-state index contributed by atoms with van der Waals surface area (Å²) in [5.74, 6) is 1.16. The summed E-state index contributed by atoms with van der Waals surface area (Å²) >= 11 is 9.49.